The Morgan fingerprint density at radius 2 is 2.00 bits per heavy atom. The SMILES string of the molecule is CCC(C)c1nc2c(c(NN)n1)CCCCC2. The van der Waals surface area contributed by atoms with Gasteiger partial charge in [0.2, 0.25) is 0 Å². The molecule has 94 valence electrons. The van der Waals surface area contributed by atoms with Crippen molar-refractivity contribution in [2.75, 3.05) is 5.43 Å². The van der Waals surface area contributed by atoms with E-state index in [1.165, 1.54) is 30.5 Å². The minimum absolute atomic E-state index is 0.399. The van der Waals surface area contributed by atoms with Gasteiger partial charge in [-0.2, -0.15) is 0 Å². The van der Waals surface area contributed by atoms with E-state index in [1.807, 2.05) is 0 Å². The Morgan fingerprint density at radius 1 is 1.24 bits per heavy atom. The first-order chi connectivity index (χ1) is 8.26. The minimum atomic E-state index is 0.399. The van der Waals surface area contributed by atoms with Crippen LogP contribution in [0.1, 0.15) is 62.5 Å². The molecule has 2 rings (SSSR count). The molecule has 1 unspecified atom stereocenters. The number of nitrogens with one attached hydrogen (secondary N) is 1. The second-order valence-corrected chi connectivity index (χ2v) is 4.87. The third-order valence-electron chi connectivity index (χ3n) is 3.64. The lowest BCUT2D eigenvalue weighted by atomic mass is 10.1. The number of hydrogen-bond donors (Lipinski definition) is 2. The van der Waals surface area contributed by atoms with E-state index in [-0.39, 0.29) is 0 Å². The molecule has 1 aromatic rings. The molecular formula is C13H22N4. The quantitative estimate of drug-likeness (QED) is 0.479. The third kappa shape index (κ3) is 2.57. The Bertz CT molecular complexity index is 389. The van der Waals surface area contributed by atoms with Gasteiger partial charge in [0.15, 0.2) is 0 Å². The lowest BCUT2D eigenvalue weighted by molar-refractivity contribution is 0.666. The number of aromatic nitrogens is 2. The molecule has 17 heavy (non-hydrogen) atoms. The number of fused-ring (bicyclic) bond motifs is 1. The number of nitrogens with two attached hydrogens (primary N) is 1. The number of anilines is 1. The summed E-state index contributed by atoms with van der Waals surface area (Å²) in [7, 11) is 0. The molecule has 0 saturated heterocycles. The zero-order valence-corrected chi connectivity index (χ0v) is 10.8. The van der Waals surface area contributed by atoms with Gasteiger partial charge in [0.05, 0.1) is 0 Å². The molecule has 0 saturated carbocycles. The van der Waals surface area contributed by atoms with Gasteiger partial charge in [-0.25, -0.2) is 15.8 Å². The predicted molar refractivity (Wildman–Crippen MR) is 69.8 cm³/mol. The highest BCUT2D eigenvalue weighted by Crippen LogP contribution is 2.26. The summed E-state index contributed by atoms with van der Waals surface area (Å²) in [5.74, 6) is 7.77. The standard InChI is InChI=1S/C13H22N4/c1-3-9(2)12-15-11-8-6-4-5-7-10(11)13(16-12)17-14/h9H,3-8,14H2,1-2H3,(H,15,16,17). The van der Waals surface area contributed by atoms with Gasteiger partial charge >= 0.3 is 0 Å². The summed E-state index contributed by atoms with van der Waals surface area (Å²) in [6.07, 6.45) is 6.90. The Hall–Kier alpha value is -1.16. The van der Waals surface area contributed by atoms with E-state index < -0.39 is 0 Å². The van der Waals surface area contributed by atoms with Gasteiger partial charge in [0.25, 0.3) is 0 Å². The van der Waals surface area contributed by atoms with E-state index in [2.05, 4.69) is 24.3 Å². The third-order valence-corrected chi connectivity index (χ3v) is 3.64. The Morgan fingerprint density at radius 3 is 2.71 bits per heavy atom. The van der Waals surface area contributed by atoms with Crippen LogP contribution in [0.3, 0.4) is 0 Å². The molecule has 0 amide bonds. The van der Waals surface area contributed by atoms with E-state index in [9.17, 15) is 0 Å². The molecule has 3 N–H and O–H groups in total. The molecule has 0 fully saturated rings. The molecule has 1 aromatic heterocycles. The van der Waals surface area contributed by atoms with Gasteiger partial charge in [-0.1, -0.05) is 20.3 Å². The van der Waals surface area contributed by atoms with E-state index in [1.54, 1.807) is 0 Å². The van der Waals surface area contributed by atoms with Gasteiger partial charge in [-0.3, -0.25) is 0 Å². The maximum absolute atomic E-state index is 5.60. The van der Waals surface area contributed by atoms with Crippen molar-refractivity contribution in [3.8, 4) is 0 Å². The lowest BCUT2D eigenvalue weighted by Gasteiger charge is -2.15. The van der Waals surface area contributed by atoms with Crippen molar-refractivity contribution in [1.82, 2.24) is 9.97 Å². The zero-order valence-electron chi connectivity index (χ0n) is 10.8. The van der Waals surface area contributed by atoms with Crippen LogP contribution in [0.2, 0.25) is 0 Å². The number of rotatable bonds is 3. The van der Waals surface area contributed by atoms with Crippen LogP contribution in [0, 0.1) is 0 Å². The first-order valence-electron chi connectivity index (χ1n) is 6.62. The van der Waals surface area contributed by atoms with Crippen molar-refractivity contribution in [3.63, 3.8) is 0 Å². The van der Waals surface area contributed by atoms with Crippen LogP contribution in [0.25, 0.3) is 0 Å². The van der Waals surface area contributed by atoms with Gasteiger partial charge in [-0.15, -0.1) is 0 Å². The topological polar surface area (TPSA) is 63.8 Å². The van der Waals surface area contributed by atoms with Crippen molar-refractivity contribution < 1.29 is 0 Å². The van der Waals surface area contributed by atoms with Crippen LogP contribution in [0.5, 0.6) is 0 Å². The summed E-state index contributed by atoms with van der Waals surface area (Å²) in [5.41, 5.74) is 5.19. The largest absolute Gasteiger partial charge is 0.308 e. The predicted octanol–water partition coefficient (Wildman–Crippen LogP) is 2.54. The van der Waals surface area contributed by atoms with E-state index in [0.717, 1.165) is 30.9 Å². The molecule has 0 aromatic carbocycles. The summed E-state index contributed by atoms with van der Waals surface area (Å²) < 4.78 is 0. The van der Waals surface area contributed by atoms with Crippen LogP contribution < -0.4 is 11.3 Å². The molecule has 1 aliphatic rings. The summed E-state index contributed by atoms with van der Waals surface area (Å²) >= 11 is 0. The number of aryl methyl sites for hydroxylation is 1. The second-order valence-electron chi connectivity index (χ2n) is 4.87. The van der Waals surface area contributed by atoms with Crippen molar-refractivity contribution >= 4 is 5.82 Å². The Labute approximate surface area is 103 Å². The smallest absolute Gasteiger partial charge is 0.147 e. The van der Waals surface area contributed by atoms with Gasteiger partial charge in [0.1, 0.15) is 11.6 Å². The molecule has 0 aliphatic heterocycles. The minimum Gasteiger partial charge on any atom is -0.308 e. The van der Waals surface area contributed by atoms with Gasteiger partial charge in [0, 0.05) is 17.2 Å². The monoisotopic (exact) mass is 234 g/mol. The Kier molecular flexibility index (Phi) is 3.94. The van der Waals surface area contributed by atoms with Crippen molar-refractivity contribution in [2.45, 2.75) is 58.3 Å². The summed E-state index contributed by atoms with van der Waals surface area (Å²) in [6.45, 7) is 4.33. The molecule has 1 heterocycles. The maximum atomic E-state index is 5.60. The normalized spacial score (nSPS) is 17.1. The fraction of sp³-hybridized carbons (Fsp3) is 0.692. The number of hydrazine groups is 1. The first-order valence-corrected chi connectivity index (χ1v) is 6.62. The van der Waals surface area contributed by atoms with Crippen LogP contribution in [0.4, 0.5) is 5.82 Å². The number of nitrogens with zero attached hydrogens (tertiary/aromatic N) is 2. The van der Waals surface area contributed by atoms with Crippen molar-refractivity contribution in [2.24, 2.45) is 5.84 Å². The van der Waals surface area contributed by atoms with Crippen molar-refractivity contribution in [3.05, 3.63) is 17.1 Å². The fourth-order valence-corrected chi connectivity index (χ4v) is 2.31. The van der Waals surface area contributed by atoms with Gasteiger partial charge in [-0.05, 0) is 32.1 Å². The maximum Gasteiger partial charge on any atom is 0.147 e. The molecule has 0 bridgehead atoms. The molecule has 4 heteroatoms. The fourth-order valence-electron chi connectivity index (χ4n) is 2.31. The first kappa shape index (κ1) is 12.3. The van der Waals surface area contributed by atoms with E-state index in [4.69, 9.17) is 10.8 Å². The average Bonchev–Trinajstić information content (AvgIpc) is 2.61. The number of nitrogen functional groups attached to an aromatic ring is 1. The number of hydrogen-bond acceptors (Lipinski definition) is 4. The highest BCUT2D eigenvalue weighted by Gasteiger charge is 2.18. The molecular weight excluding hydrogens is 212 g/mol. The zero-order chi connectivity index (χ0) is 12.3. The highest BCUT2D eigenvalue weighted by atomic mass is 15.3. The van der Waals surface area contributed by atoms with Crippen LogP contribution in [0.15, 0.2) is 0 Å². The van der Waals surface area contributed by atoms with E-state index in [0.29, 0.717) is 5.92 Å². The summed E-state index contributed by atoms with van der Waals surface area (Å²) in [6, 6.07) is 0. The second kappa shape index (κ2) is 5.45. The van der Waals surface area contributed by atoms with Crippen LogP contribution in [-0.2, 0) is 12.8 Å². The van der Waals surface area contributed by atoms with Crippen molar-refractivity contribution in [1.29, 1.82) is 0 Å². The summed E-state index contributed by atoms with van der Waals surface area (Å²) in [5, 5.41) is 0. The summed E-state index contributed by atoms with van der Waals surface area (Å²) in [4.78, 5) is 9.32. The lowest BCUT2D eigenvalue weighted by Crippen LogP contribution is -2.16. The molecule has 4 nitrogen and oxygen atoms in total. The van der Waals surface area contributed by atoms with Crippen LogP contribution in [-0.4, -0.2) is 9.97 Å². The average molecular weight is 234 g/mol. The molecule has 1 atom stereocenters. The van der Waals surface area contributed by atoms with E-state index >= 15 is 0 Å². The molecule has 0 radical (unpaired) electrons. The highest BCUT2D eigenvalue weighted by molar-refractivity contribution is 5.46. The molecule has 1 aliphatic carbocycles. The Balaban J connectivity index is 2.43. The molecule has 0 spiro atoms. The van der Waals surface area contributed by atoms with Gasteiger partial charge < -0.3 is 5.43 Å². The van der Waals surface area contributed by atoms with Crippen LogP contribution >= 0.6 is 0 Å².